The molecule has 9 nitrogen and oxygen atoms in total. The fraction of sp³-hybridized carbons (Fsp3) is 0.444. The van der Waals surface area contributed by atoms with Crippen LogP contribution in [-0.4, -0.2) is 41.3 Å². The van der Waals surface area contributed by atoms with Gasteiger partial charge in [-0.2, -0.15) is 4.31 Å². The van der Waals surface area contributed by atoms with Crippen LogP contribution in [0.4, 0.5) is 23.0 Å². The average molecular weight is 408 g/mol. The van der Waals surface area contributed by atoms with Crippen LogP contribution in [0.1, 0.15) is 34.6 Å². The summed E-state index contributed by atoms with van der Waals surface area (Å²) in [7, 11) is -3.49. The van der Waals surface area contributed by atoms with Gasteiger partial charge in [0.05, 0.1) is 4.90 Å². The fourth-order valence-electron chi connectivity index (χ4n) is 2.40. The van der Waals surface area contributed by atoms with Crippen LogP contribution in [0.15, 0.2) is 35.5 Å². The number of hydrazine groups is 1. The summed E-state index contributed by atoms with van der Waals surface area (Å²) >= 11 is 0. The number of hydrogen-bond donors (Lipinski definition) is 4. The van der Waals surface area contributed by atoms with Crippen molar-refractivity contribution in [2.75, 3.05) is 29.6 Å². The SMILES string of the molecule is CCN(CC)S(=O)(=O)c1ccc(Nc2ncnc(NNC(C)(C)C)c2N)cc1. The zero-order chi connectivity index (χ0) is 20.9. The molecule has 0 aliphatic rings. The lowest BCUT2D eigenvalue weighted by Gasteiger charge is -2.22. The number of nitrogens with two attached hydrogens (primary N) is 1. The Morgan fingerprint density at radius 3 is 2.14 bits per heavy atom. The number of rotatable bonds is 8. The van der Waals surface area contributed by atoms with Gasteiger partial charge in [-0.05, 0) is 45.0 Å². The average Bonchev–Trinajstić information content (AvgIpc) is 2.63. The van der Waals surface area contributed by atoms with E-state index in [4.69, 9.17) is 5.73 Å². The molecule has 1 heterocycles. The highest BCUT2D eigenvalue weighted by Crippen LogP contribution is 2.26. The van der Waals surface area contributed by atoms with Crippen LogP contribution in [-0.2, 0) is 10.0 Å². The molecule has 1 aromatic heterocycles. The van der Waals surface area contributed by atoms with Crippen LogP contribution in [0.5, 0.6) is 0 Å². The van der Waals surface area contributed by atoms with Gasteiger partial charge in [0.2, 0.25) is 10.0 Å². The maximum absolute atomic E-state index is 12.6. The van der Waals surface area contributed by atoms with Crippen molar-refractivity contribution < 1.29 is 8.42 Å². The second kappa shape index (κ2) is 8.72. The Labute approximate surface area is 166 Å². The number of anilines is 4. The lowest BCUT2D eigenvalue weighted by molar-refractivity contribution is 0.445. The molecule has 2 rings (SSSR count). The zero-order valence-electron chi connectivity index (χ0n) is 16.9. The lowest BCUT2D eigenvalue weighted by atomic mass is 10.1. The van der Waals surface area contributed by atoms with E-state index < -0.39 is 10.0 Å². The normalized spacial score (nSPS) is 12.2. The first-order chi connectivity index (χ1) is 13.1. The van der Waals surface area contributed by atoms with Gasteiger partial charge in [0.1, 0.15) is 12.0 Å². The summed E-state index contributed by atoms with van der Waals surface area (Å²) in [6.45, 7) is 10.5. The summed E-state index contributed by atoms with van der Waals surface area (Å²) < 4.78 is 26.5. The van der Waals surface area contributed by atoms with Gasteiger partial charge in [0.25, 0.3) is 0 Å². The highest BCUT2D eigenvalue weighted by Gasteiger charge is 2.21. The quantitative estimate of drug-likeness (QED) is 0.492. The fourth-order valence-corrected chi connectivity index (χ4v) is 3.86. The number of hydrogen-bond acceptors (Lipinski definition) is 8. The molecule has 0 fully saturated rings. The summed E-state index contributed by atoms with van der Waals surface area (Å²) in [5.74, 6) is 0.876. The summed E-state index contributed by atoms with van der Waals surface area (Å²) in [4.78, 5) is 8.54. The molecule has 0 radical (unpaired) electrons. The summed E-state index contributed by atoms with van der Waals surface area (Å²) in [5.41, 5.74) is 13.1. The van der Waals surface area contributed by atoms with Gasteiger partial charge in [-0.25, -0.2) is 23.8 Å². The van der Waals surface area contributed by atoms with E-state index in [0.29, 0.717) is 36.1 Å². The molecule has 28 heavy (non-hydrogen) atoms. The van der Waals surface area contributed by atoms with Crippen LogP contribution >= 0.6 is 0 Å². The molecule has 0 unspecified atom stereocenters. The van der Waals surface area contributed by atoms with Gasteiger partial charge in [-0.3, -0.25) is 0 Å². The Kier molecular flexibility index (Phi) is 6.81. The highest BCUT2D eigenvalue weighted by atomic mass is 32.2. The number of nitrogens with zero attached hydrogens (tertiary/aromatic N) is 3. The molecule has 0 amide bonds. The molecule has 0 spiro atoms. The Balaban J connectivity index is 2.19. The third-order valence-electron chi connectivity index (χ3n) is 3.90. The van der Waals surface area contributed by atoms with E-state index in [9.17, 15) is 8.42 Å². The molecule has 0 aliphatic heterocycles. The molecule has 1 aromatic carbocycles. The second-order valence-corrected chi connectivity index (χ2v) is 9.16. The van der Waals surface area contributed by atoms with E-state index in [-0.39, 0.29) is 10.4 Å². The molecule has 0 saturated carbocycles. The van der Waals surface area contributed by atoms with Crippen molar-refractivity contribution in [1.82, 2.24) is 19.7 Å². The van der Waals surface area contributed by atoms with Crippen molar-refractivity contribution in [3.05, 3.63) is 30.6 Å². The summed E-state index contributed by atoms with van der Waals surface area (Å²) in [6.07, 6.45) is 1.39. The van der Waals surface area contributed by atoms with Crippen molar-refractivity contribution >= 4 is 33.0 Å². The minimum absolute atomic E-state index is 0.169. The monoisotopic (exact) mass is 407 g/mol. The molecular formula is C18H29N7O2S. The largest absolute Gasteiger partial charge is 0.393 e. The molecule has 0 bridgehead atoms. The first kappa shape index (κ1) is 21.9. The Hall–Kier alpha value is -2.43. The first-order valence-electron chi connectivity index (χ1n) is 9.09. The van der Waals surface area contributed by atoms with Crippen LogP contribution in [0.2, 0.25) is 0 Å². The smallest absolute Gasteiger partial charge is 0.243 e. The van der Waals surface area contributed by atoms with Gasteiger partial charge in [-0.15, -0.1) is 0 Å². The first-order valence-corrected chi connectivity index (χ1v) is 10.5. The van der Waals surface area contributed by atoms with Crippen LogP contribution in [0.25, 0.3) is 0 Å². The number of aromatic nitrogens is 2. The molecule has 154 valence electrons. The molecule has 0 saturated heterocycles. The van der Waals surface area contributed by atoms with E-state index in [1.165, 1.54) is 10.6 Å². The minimum Gasteiger partial charge on any atom is -0.393 e. The maximum atomic E-state index is 12.6. The zero-order valence-corrected chi connectivity index (χ0v) is 17.8. The summed E-state index contributed by atoms with van der Waals surface area (Å²) in [5, 5.41) is 3.09. The third kappa shape index (κ3) is 5.31. The standard InChI is InChI=1S/C18H29N7O2S/c1-6-25(7-2)28(26,27)14-10-8-13(9-11-14)22-16-15(19)17(21-12-20-16)23-24-18(3,4)5/h8-12,24H,6-7,19H2,1-5H3,(H2,20,21,22,23). The van der Waals surface area contributed by atoms with Crippen molar-refractivity contribution in [2.45, 2.75) is 45.1 Å². The number of nitrogen functional groups attached to an aromatic ring is 1. The topological polar surface area (TPSA) is 125 Å². The maximum Gasteiger partial charge on any atom is 0.243 e. The van der Waals surface area contributed by atoms with Crippen LogP contribution in [0.3, 0.4) is 0 Å². The van der Waals surface area contributed by atoms with E-state index in [2.05, 4.69) is 26.1 Å². The van der Waals surface area contributed by atoms with Gasteiger partial charge in [0.15, 0.2) is 11.6 Å². The summed E-state index contributed by atoms with van der Waals surface area (Å²) in [6, 6.07) is 6.48. The molecule has 10 heteroatoms. The number of sulfonamides is 1. The van der Waals surface area contributed by atoms with Crippen LogP contribution in [0, 0.1) is 0 Å². The van der Waals surface area contributed by atoms with Crippen molar-refractivity contribution in [3.63, 3.8) is 0 Å². The molecule has 0 aliphatic carbocycles. The van der Waals surface area contributed by atoms with Crippen molar-refractivity contribution in [2.24, 2.45) is 0 Å². The molecular weight excluding hydrogens is 378 g/mol. The third-order valence-corrected chi connectivity index (χ3v) is 5.96. The van der Waals surface area contributed by atoms with Crippen LogP contribution < -0.4 is 21.9 Å². The van der Waals surface area contributed by atoms with Gasteiger partial charge in [0, 0.05) is 24.3 Å². The van der Waals surface area contributed by atoms with E-state index in [1.807, 2.05) is 34.6 Å². The molecule has 5 N–H and O–H groups in total. The van der Waals surface area contributed by atoms with Crippen molar-refractivity contribution in [1.29, 1.82) is 0 Å². The predicted octanol–water partition coefficient (Wildman–Crippen LogP) is 2.55. The van der Waals surface area contributed by atoms with E-state index in [1.54, 1.807) is 24.3 Å². The molecule has 2 aromatic rings. The Morgan fingerprint density at radius 1 is 1.04 bits per heavy atom. The Morgan fingerprint density at radius 2 is 1.61 bits per heavy atom. The number of nitrogens with one attached hydrogen (secondary N) is 3. The lowest BCUT2D eigenvalue weighted by Crippen LogP contribution is -2.40. The molecule has 0 atom stereocenters. The van der Waals surface area contributed by atoms with Gasteiger partial charge < -0.3 is 16.5 Å². The minimum atomic E-state index is -3.49. The second-order valence-electron chi connectivity index (χ2n) is 7.22. The van der Waals surface area contributed by atoms with E-state index >= 15 is 0 Å². The predicted molar refractivity (Wildman–Crippen MR) is 113 cm³/mol. The van der Waals surface area contributed by atoms with E-state index in [0.717, 1.165) is 0 Å². The van der Waals surface area contributed by atoms with Gasteiger partial charge in [-0.1, -0.05) is 13.8 Å². The Bertz CT molecular complexity index is 889. The van der Waals surface area contributed by atoms with Gasteiger partial charge >= 0.3 is 0 Å². The number of benzene rings is 1. The highest BCUT2D eigenvalue weighted by molar-refractivity contribution is 7.89. The van der Waals surface area contributed by atoms with Crippen molar-refractivity contribution in [3.8, 4) is 0 Å².